The Morgan fingerprint density at radius 3 is 2.48 bits per heavy atom. The Balaban J connectivity index is 1.72. The average Bonchev–Trinajstić information content (AvgIpc) is 3.44. The van der Waals surface area contributed by atoms with Gasteiger partial charge in [0, 0.05) is 5.92 Å². The van der Waals surface area contributed by atoms with Crippen LogP contribution < -0.4 is 14.8 Å². The first-order valence-electron chi connectivity index (χ1n) is 8.48. The molecule has 1 heterocycles. The fraction of sp³-hybridized carbons (Fsp3) is 0.286. The SMILES string of the molecule is COc1ccc(/C=C/C2c3cccc(OC)c3NC(=O)C23CC3)cc1. The number of hydrogen-bond donors (Lipinski definition) is 1. The molecule has 4 heteroatoms. The van der Waals surface area contributed by atoms with Crippen molar-refractivity contribution in [3.05, 3.63) is 59.7 Å². The first kappa shape index (κ1) is 15.8. The molecule has 1 unspecified atom stereocenters. The van der Waals surface area contributed by atoms with Crippen LogP contribution in [0.25, 0.3) is 6.08 Å². The Hall–Kier alpha value is -2.75. The van der Waals surface area contributed by atoms with Gasteiger partial charge in [0.25, 0.3) is 0 Å². The van der Waals surface area contributed by atoms with Crippen LogP contribution in [0.5, 0.6) is 11.5 Å². The highest BCUT2D eigenvalue weighted by Gasteiger charge is 2.58. The third-order valence-electron chi connectivity index (χ3n) is 5.29. The molecule has 4 nitrogen and oxygen atoms in total. The van der Waals surface area contributed by atoms with Crippen LogP contribution in [-0.4, -0.2) is 20.1 Å². The molecule has 1 aliphatic carbocycles. The lowest BCUT2D eigenvalue weighted by atomic mass is 9.78. The van der Waals surface area contributed by atoms with E-state index in [9.17, 15) is 4.79 Å². The predicted molar refractivity (Wildman–Crippen MR) is 98.1 cm³/mol. The van der Waals surface area contributed by atoms with E-state index < -0.39 is 0 Å². The molecule has 1 saturated carbocycles. The van der Waals surface area contributed by atoms with Crippen LogP contribution in [0, 0.1) is 5.41 Å². The number of hydrogen-bond acceptors (Lipinski definition) is 3. The molecule has 0 aromatic heterocycles. The molecule has 128 valence electrons. The predicted octanol–water partition coefficient (Wildman–Crippen LogP) is 4.23. The molecular weight excluding hydrogens is 314 g/mol. The van der Waals surface area contributed by atoms with Gasteiger partial charge < -0.3 is 14.8 Å². The van der Waals surface area contributed by atoms with Crippen molar-refractivity contribution in [1.29, 1.82) is 0 Å². The summed E-state index contributed by atoms with van der Waals surface area (Å²) in [5, 5.41) is 3.06. The van der Waals surface area contributed by atoms with Crippen LogP contribution in [0.1, 0.15) is 29.9 Å². The summed E-state index contributed by atoms with van der Waals surface area (Å²) in [6.45, 7) is 0. The van der Waals surface area contributed by atoms with E-state index in [1.165, 1.54) is 0 Å². The number of benzene rings is 2. The van der Waals surface area contributed by atoms with E-state index >= 15 is 0 Å². The highest BCUT2D eigenvalue weighted by molar-refractivity contribution is 6.03. The van der Waals surface area contributed by atoms with Crippen molar-refractivity contribution in [3.8, 4) is 11.5 Å². The van der Waals surface area contributed by atoms with E-state index in [-0.39, 0.29) is 17.2 Å². The number of amides is 1. The Morgan fingerprint density at radius 2 is 1.84 bits per heavy atom. The van der Waals surface area contributed by atoms with E-state index in [2.05, 4.69) is 23.5 Å². The van der Waals surface area contributed by atoms with Gasteiger partial charge in [-0.15, -0.1) is 0 Å². The van der Waals surface area contributed by atoms with Gasteiger partial charge >= 0.3 is 0 Å². The zero-order chi connectivity index (χ0) is 17.4. The normalized spacial score (nSPS) is 20.2. The first-order chi connectivity index (χ1) is 12.2. The van der Waals surface area contributed by atoms with Gasteiger partial charge in [-0.3, -0.25) is 4.79 Å². The van der Waals surface area contributed by atoms with Gasteiger partial charge in [0.15, 0.2) is 0 Å². The molecule has 2 aliphatic rings. The van der Waals surface area contributed by atoms with Crippen molar-refractivity contribution < 1.29 is 14.3 Å². The Labute approximate surface area is 147 Å². The number of allylic oxidation sites excluding steroid dienone is 1. The van der Waals surface area contributed by atoms with Crippen LogP contribution in [0.3, 0.4) is 0 Å². The molecule has 1 amide bonds. The van der Waals surface area contributed by atoms with Crippen molar-refractivity contribution in [2.45, 2.75) is 18.8 Å². The second kappa shape index (κ2) is 5.96. The fourth-order valence-electron chi connectivity index (χ4n) is 3.67. The van der Waals surface area contributed by atoms with Gasteiger partial charge in [-0.2, -0.15) is 0 Å². The van der Waals surface area contributed by atoms with E-state index in [0.717, 1.165) is 35.4 Å². The summed E-state index contributed by atoms with van der Waals surface area (Å²) < 4.78 is 10.6. The summed E-state index contributed by atoms with van der Waals surface area (Å²) in [6.07, 6.45) is 6.10. The number of methoxy groups -OCH3 is 2. The lowest BCUT2D eigenvalue weighted by Crippen LogP contribution is -2.34. The number of carbonyl (C=O) groups is 1. The number of ether oxygens (including phenoxy) is 2. The monoisotopic (exact) mass is 335 g/mol. The van der Waals surface area contributed by atoms with Crippen LogP contribution >= 0.6 is 0 Å². The zero-order valence-corrected chi connectivity index (χ0v) is 14.4. The second-order valence-corrected chi connectivity index (χ2v) is 6.64. The van der Waals surface area contributed by atoms with Crippen LogP contribution in [0.15, 0.2) is 48.5 Å². The molecule has 1 atom stereocenters. The summed E-state index contributed by atoms with van der Waals surface area (Å²) >= 11 is 0. The maximum atomic E-state index is 12.7. The molecule has 1 N–H and O–H groups in total. The summed E-state index contributed by atoms with van der Waals surface area (Å²) in [4.78, 5) is 12.7. The van der Waals surface area contributed by atoms with Gasteiger partial charge in [0.05, 0.1) is 25.3 Å². The van der Waals surface area contributed by atoms with Crippen molar-refractivity contribution in [2.24, 2.45) is 5.41 Å². The molecule has 0 radical (unpaired) electrons. The van der Waals surface area contributed by atoms with Gasteiger partial charge in [-0.1, -0.05) is 36.4 Å². The molecule has 1 spiro atoms. The fourth-order valence-corrected chi connectivity index (χ4v) is 3.67. The van der Waals surface area contributed by atoms with E-state index in [4.69, 9.17) is 9.47 Å². The maximum absolute atomic E-state index is 12.7. The number of fused-ring (bicyclic) bond motifs is 1. The quantitative estimate of drug-likeness (QED) is 0.909. The molecule has 2 aromatic carbocycles. The third kappa shape index (κ3) is 2.58. The van der Waals surface area contributed by atoms with Crippen molar-refractivity contribution >= 4 is 17.7 Å². The highest BCUT2D eigenvalue weighted by Crippen LogP contribution is 2.61. The molecule has 1 aliphatic heterocycles. The number of nitrogens with one attached hydrogen (secondary N) is 1. The molecule has 0 saturated heterocycles. The Kier molecular flexibility index (Phi) is 3.75. The first-order valence-corrected chi connectivity index (χ1v) is 8.48. The van der Waals surface area contributed by atoms with E-state index in [1.807, 2.05) is 36.4 Å². The third-order valence-corrected chi connectivity index (χ3v) is 5.29. The van der Waals surface area contributed by atoms with Gasteiger partial charge in [0.2, 0.25) is 5.91 Å². The number of para-hydroxylation sites is 1. The standard InChI is InChI=1S/C21H21NO3/c1-24-15-9-6-14(7-10-15)8-11-17-16-4-3-5-18(25-2)19(16)22-20(23)21(17)12-13-21/h3-11,17H,12-13H2,1-2H3,(H,22,23)/b11-8+. The topological polar surface area (TPSA) is 47.6 Å². The molecule has 4 rings (SSSR count). The average molecular weight is 335 g/mol. The lowest BCUT2D eigenvalue weighted by Gasteiger charge is -2.32. The van der Waals surface area contributed by atoms with E-state index in [1.54, 1.807) is 14.2 Å². The summed E-state index contributed by atoms with van der Waals surface area (Å²) in [5.41, 5.74) is 2.72. The van der Waals surface area contributed by atoms with Crippen LogP contribution in [-0.2, 0) is 4.79 Å². The molecule has 0 bridgehead atoms. The van der Waals surface area contributed by atoms with Crippen LogP contribution in [0.2, 0.25) is 0 Å². The van der Waals surface area contributed by atoms with Crippen molar-refractivity contribution in [2.75, 3.05) is 19.5 Å². The number of rotatable bonds is 4. The number of anilines is 1. The smallest absolute Gasteiger partial charge is 0.231 e. The largest absolute Gasteiger partial charge is 0.497 e. The van der Waals surface area contributed by atoms with Gasteiger partial charge in [-0.05, 0) is 42.2 Å². The maximum Gasteiger partial charge on any atom is 0.231 e. The van der Waals surface area contributed by atoms with Crippen LogP contribution in [0.4, 0.5) is 5.69 Å². The summed E-state index contributed by atoms with van der Waals surface area (Å²) in [7, 11) is 3.29. The molecule has 1 fully saturated rings. The molecule has 25 heavy (non-hydrogen) atoms. The Morgan fingerprint density at radius 1 is 1.08 bits per heavy atom. The van der Waals surface area contributed by atoms with Gasteiger partial charge in [0.1, 0.15) is 11.5 Å². The zero-order valence-electron chi connectivity index (χ0n) is 14.4. The van der Waals surface area contributed by atoms with Crippen molar-refractivity contribution in [3.63, 3.8) is 0 Å². The second-order valence-electron chi connectivity index (χ2n) is 6.64. The minimum atomic E-state index is -0.303. The molecular formula is C21H21NO3. The van der Waals surface area contributed by atoms with E-state index in [0.29, 0.717) is 5.75 Å². The summed E-state index contributed by atoms with van der Waals surface area (Å²) in [6, 6.07) is 13.9. The summed E-state index contributed by atoms with van der Waals surface area (Å²) in [5.74, 6) is 1.72. The van der Waals surface area contributed by atoms with Gasteiger partial charge in [-0.25, -0.2) is 0 Å². The Bertz CT molecular complexity index is 835. The minimum absolute atomic E-state index is 0.0634. The molecule has 2 aromatic rings. The van der Waals surface area contributed by atoms with Crippen molar-refractivity contribution in [1.82, 2.24) is 0 Å². The number of carbonyl (C=O) groups excluding carboxylic acids is 1. The minimum Gasteiger partial charge on any atom is -0.497 e. The highest BCUT2D eigenvalue weighted by atomic mass is 16.5. The lowest BCUT2D eigenvalue weighted by molar-refractivity contribution is -0.121.